The summed E-state index contributed by atoms with van der Waals surface area (Å²) in [5.74, 6) is -0.702. The van der Waals surface area contributed by atoms with Crippen molar-refractivity contribution in [1.29, 1.82) is 0 Å². The average Bonchev–Trinajstić information content (AvgIpc) is 3.33. The zero-order valence-corrected chi connectivity index (χ0v) is 16.4. The summed E-state index contributed by atoms with van der Waals surface area (Å²) < 4.78 is 0. The van der Waals surface area contributed by atoms with E-state index in [1.54, 1.807) is 6.07 Å². The third-order valence-electron chi connectivity index (χ3n) is 5.48. The van der Waals surface area contributed by atoms with Crippen LogP contribution in [0.3, 0.4) is 0 Å². The predicted octanol–water partition coefficient (Wildman–Crippen LogP) is 3.83. The molecule has 6 heteroatoms. The van der Waals surface area contributed by atoms with E-state index in [9.17, 15) is 9.59 Å². The fraction of sp³-hybridized carbons (Fsp3) is 0.364. The van der Waals surface area contributed by atoms with Gasteiger partial charge in [-0.05, 0) is 55.2 Å². The summed E-state index contributed by atoms with van der Waals surface area (Å²) in [6.07, 6.45) is 3.06. The lowest BCUT2D eigenvalue weighted by molar-refractivity contribution is -0.125. The molecule has 0 aromatic heterocycles. The molecule has 1 saturated carbocycles. The van der Waals surface area contributed by atoms with E-state index in [1.165, 1.54) is 18.5 Å². The van der Waals surface area contributed by atoms with Crippen LogP contribution in [0.25, 0.3) is 0 Å². The van der Waals surface area contributed by atoms with Crippen molar-refractivity contribution in [3.05, 3.63) is 59.1 Å². The first kappa shape index (κ1) is 18.8. The molecule has 0 bridgehead atoms. The van der Waals surface area contributed by atoms with E-state index in [-0.39, 0.29) is 23.7 Å². The highest BCUT2D eigenvalue weighted by atomic mass is 35.5. The number of hydrogen-bond acceptors (Lipinski definition) is 3. The summed E-state index contributed by atoms with van der Waals surface area (Å²) in [7, 11) is 0. The Labute approximate surface area is 170 Å². The van der Waals surface area contributed by atoms with E-state index >= 15 is 0 Å². The minimum absolute atomic E-state index is 0.0909. The van der Waals surface area contributed by atoms with E-state index < -0.39 is 0 Å². The number of rotatable bonds is 6. The van der Waals surface area contributed by atoms with Gasteiger partial charge in [0.25, 0.3) is 0 Å². The number of benzene rings is 2. The molecule has 2 N–H and O–H groups in total. The topological polar surface area (TPSA) is 61.4 Å². The number of hydrogen-bond donors (Lipinski definition) is 2. The van der Waals surface area contributed by atoms with Crippen molar-refractivity contribution in [3.8, 4) is 0 Å². The van der Waals surface area contributed by atoms with Gasteiger partial charge >= 0.3 is 0 Å². The van der Waals surface area contributed by atoms with Crippen molar-refractivity contribution in [2.75, 3.05) is 23.3 Å². The lowest BCUT2D eigenvalue weighted by Gasteiger charge is -2.17. The highest BCUT2D eigenvalue weighted by Crippen LogP contribution is 2.39. The first-order valence-corrected chi connectivity index (χ1v) is 10.2. The van der Waals surface area contributed by atoms with E-state index in [0.29, 0.717) is 18.0 Å². The van der Waals surface area contributed by atoms with Gasteiger partial charge in [-0.2, -0.15) is 0 Å². The van der Waals surface area contributed by atoms with Crippen LogP contribution in [0.4, 0.5) is 11.4 Å². The molecule has 4 rings (SSSR count). The van der Waals surface area contributed by atoms with Crippen LogP contribution in [0, 0.1) is 11.8 Å². The van der Waals surface area contributed by atoms with E-state index in [4.69, 9.17) is 11.6 Å². The monoisotopic (exact) mass is 397 g/mol. The number of amides is 2. The molecule has 2 unspecified atom stereocenters. The van der Waals surface area contributed by atoms with Crippen LogP contribution >= 0.6 is 11.6 Å². The summed E-state index contributed by atoms with van der Waals surface area (Å²) >= 11 is 6.11. The van der Waals surface area contributed by atoms with Crippen LogP contribution in [0.5, 0.6) is 0 Å². The molecule has 1 saturated heterocycles. The van der Waals surface area contributed by atoms with Gasteiger partial charge in [-0.3, -0.25) is 9.59 Å². The van der Waals surface area contributed by atoms with Crippen molar-refractivity contribution < 1.29 is 9.59 Å². The molecule has 28 heavy (non-hydrogen) atoms. The summed E-state index contributed by atoms with van der Waals surface area (Å²) in [5, 5.41) is 6.44. The molecular weight excluding hydrogens is 374 g/mol. The second-order valence-corrected chi connectivity index (χ2v) is 7.90. The van der Waals surface area contributed by atoms with Crippen molar-refractivity contribution >= 4 is 34.8 Å². The summed E-state index contributed by atoms with van der Waals surface area (Å²) in [5.41, 5.74) is 2.84. The second-order valence-electron chi connectivity index (χ2n) is 7.49. The molecule has 0 radical (unpaired) electrons. The minimum atomic E-state index is -0.260. The second kappa shape index (κ2) is 8.23. The lowest BCUT2D eigenvalue weighted by atomic mass is 10.2. The van der Waals surface area contributed by atoms with Gasteiger partial charge in [0.15, 0.2) is 0 Å². The van der Waals surface area contributed by atoms with Crippen LogP contribution in [-0.2, 0) is 16.1 Å². The first-order valence-electron chi connectivity index (χ1n) is 9.79. The number of nitrogens with one attached hydrogen (secondary N) is 2. The molecule has 2 aromatic rings. The molecular formula is C22H24ClN3O2. The smallest absolute Gasteiger partial charge is 0.228 e. The SMILES string of the molecule is O=C(NCc1ccccc1Cl)C1CC1C(=O)Nc1ccc(N2CCCC2)cc1. The maximum Gasteiger partial charge on any atom is 0.228 e. The normalized spacial score (nSPS) is 20.7. The summed E-state index contributed by atoms with van der Waals surface area (Å²) in [6.45, 7) is 2.57. The Hall–Kier alpha value is -2.53. The van der Waals surface area contributed by atoms with Crippen LogP contribution in [0.15, 0.2) is 48.5 Å². The molecule has 146 valence electrons. The number of anilines is 2. The highest BCUT2D eigenvalue weighted by Gasteiger charge is 2.47. The van der Waals surface area contributed by atoms with Gasteiger partial charge < -0.3 is 15.5 Å². The number of nitrogens with zero attached hydrogens (tertiary/aromatic N) is 1. The minimum Gasteiger partial charge on any atom is -0.372 e. The van der Waals surface area contributed by atoms with Crippen LogP contribution < -0.4 is 15.5 Å². The van der Waals surface area contributed by atoms with Gasteiger partial charge in [-0.15, -0.1) is 0 Å². The number of halogens is 1. The third kappa shape index (κ3) is 4.30. The van der Waals surface area contributed by atoms with Gasteiger partial charge in [-0.1, -0.05) is 29.8 Å². The molecule has 2 atom stereocenters. The van der Waals surface area contributed by atoms with E-state index in [2.05, 4.69) is 15.5 Å². The Bertz CT molecular complexity index is 862. The standard InChI is InChI=1S/C22H24ClN3O2/c23-20-6-2-1-5-15(20)14-24-21(27)18-13-19(18)22(28)25-16-7-9-17(10-8-16)26-11-3-4-12-26/h1-2,5-10,18-19H,3-4,11-14H2,(H,24,27)(H,25,28). The van der Waals surface area contributed by atoms with Crippen LogP contribution in [-0.4, -0.2) is 24.9 Å². The average molecular weight is 398 g/mol. The Morgan fingerprint density at radius 2 is 1.64 bits per heavy atom. The molecule has 5 nitrogen and oxygen atoms in total. The molecule has 1 aliphatic carbocycles. The Balaban J connectivity index is 1.26. The van der Waals surface area contributed by atoms with Crippen molar-refractivity contribution in [2.45, 2.75) is 25.8 Å². The molecule has 1 heterocycles. The van der Waals surface area contributed by atoms with Gasteiger partial charge in [0.2, 0.25) is 11.8 Å². The zero-order valence-electron chi connectivity index (χ0n) is 15.7. The quantitative estimate of drug-likeness (QED) is 0.778. The Morgan fingerprint density at radius 1 is 0.964 bits per heavy atom. The van der Waals surface area contributed by atoms with Crippen molar-refractivity contribution in [3.63, 3.8) is 0 Å². The van der Waals surface area contributed by atoms with E-state index in [0.717, 1.165) is 24.3 Å². The van der Waals surface area contributed by atoms with E-state index in [1.807, 2.05) is 42.5 Å². The van der Waals surface area contributed by atoms with Crippen LogP contribution in [0.1, 0.15) is 24.8 Å². The van der Waals surface area contributed by atoms with Gasteiger partial charge in [-0.25, -0.2) is 0 Å². The maximum atomic E-state index is 12.4. The first-order chi connectivity index (χ1) is 13.6. The maximum absolute atomic E-state index is 12.4. The number of carbonyl (C=O) groups excluding carboxylic acids is 2. The fourth-order valence-corrected chi connectivity index (χ4v) is 3.90. The summed E-state index contributed by atoms with van der Waals surface area (Å²) in [6, 6.07) is 15.4. The van der Waals surface area contributed by atoms with Crippen LogP contribution in [0.2, 0.25) is 5.02 Å². The molecule has 2 aromatic carbocycles. The molecule has 2 aliphatic rings. The summed E-state index contributed by atoms with van der Waals surface area (Å²) in [4.78, 5) is 27.1. The Morgan fingerprint density at radius 3 is 2.36 bits per heavy atom. The van der Waals surface area contributed by atoms with Gasteiger partial charge in [0, 0.05) is 36.0 Å². The fourth-order valence-electron chi connectivity index (χ4n) is 3.70. The zero-order chi connectivity index (χ0) is 19.5. The number of carbonyl (C=O) groups is 2. The molecule has 0 spiro atoms. The highest BCUT2D eigenvalue weighted by molar-refractivity contribution is 6.31. The molecule has 2 amide bonds. The van der Waals surface area contributed by atoms with Gasteiger partial charge in [0.05, 0.1) is 11.8 Å². The Kier molecular flexibility index (Phi) is 5.53. The third-order valence-corrected chi connectivity index (χ3v) is 5.85. The van der Waals surface area contributed by atoms with Crippen molar-refractivity contribution in [2.24, 2.45) is 11.8 Å². The largest absolute Gasteiger partial charge is 0.372 e. The van der Waals surface area contributed by atoms with Crippen molar-refractivity contribution in [1.82, 2.24) is 5.32 Å². The molecule has 1 aliphatic heterocycles. The predicted molar refractivity (Wildman–Crippen MR) is 111 cm³/mol. The molecule has 2 fully saturated rings. The van der Waals surface area contributed by atoms with Gasteiger partial charge in [0.1, 0.15) is 0 Å². The lowest BCUT2D eigenvalue weighted by Crippen LogP contribution is -2.27.